The molecule has 0 spiro atoms. The van der Waals surface area contributed by atoms with Gasteiger partial charge < -0.3 is 25.4 Å². The van der Waals surface area contributed by atoms with Crippen molar-refractivity contribution < 1.29 is 14.3 Å². The Morgan fingerprint density at radius 2 is 1.73 bits per heavy atom. The van der Waals surface area contributed by atoms with Gasteiger partial charge in [-0.05, 0) is 50.1 Å². The highest BCUT2D eigenvalue weighted by Crippen LogP contribution is 2.20. The standard InChI is InChI=1S/C20H32N4O3.3ClH/c1-23-8-10-24(11-9-23)12-15-27-18-4-2-17(3-5-18)22-20(25)19(21)16-6-13-26-14-7-16;;;/h2-5,16,19H,6-15,21H2,1H3,(H,22,25);3*1H. The quantitative estimate of drug-likeness (QED) is 0.617. The molecule has 2 fully saturated rings. The van der Waals surface area contributed by atoms with E-state index in [9.17, 15) is 4.79 Å². The van der Waals surface area contributed by atoms with E-state index in [1.54, 1.807) is 0 Å². The zero-order chi connectivity index (χ0) is 19.1. The Morgan fingerprint density at radius 3 is 2.33 bits per heavy atom. The minimum Gasteiger partial charge on any atom is -0.492 e. The third kappa shape index (κ3) is 9.14. The smallest absolute Gasteiger partial charge is 0.241 e. The fourth-order valence-electron chi connectivity index (χ4n) is 3.51. The van der Waals surface area contributed by atoms with E-state index in [4.69, 9.17) is 15.2 Å². The van der Waals surface area contributed by atoms with Gasteiger partial charge in [0.2, 0.25) is 5.91 Å². The Labute approximate surface area is 198 Å². The Bertz CT molecular complexity index is 595. The second kappa shape index (κ2) is 15.1. The van der Waals surface area contributed by atoms with Gasteiger partial charge in [-0.3, -0.25) is 9.69 Å². The van der Waals surface area contributed by atoms with E-state index >= 15 is 0 Å². The molecule has 2 heterocycles. The molecule has 1 unspecified atom stereocenters. The normalized spacial score (nSPS) is 18.9. The molecule has 2 saturated heterocycles. The SMILES string of the molecule is CN1CCN(CCOc2ccc(NC(=O)C(N)C3CCOCC3)cc2)CC1.Cl.Cl.Cl. The Hall–Kier alpha value is -0.800. The second-order valence-electron chi connectivity index (χ2n) is 7.48. The van der Waals surface area contributed by atoms with Crippen LogP contribution in [0.15, 0.2) is 24.3 Å². The number of amides is 1. The molecule has 0 aromatic heterocycles. The number of halogens is 3. The van der Waals surface area contributed by atoms with Crippen molar-refractivity contribution in [2.24, 2.45) is 11.7 Å². The summed E-state index contributed by atoms with van der Waals surface area (Å²) in [7, 11) is 2.16. The highest BCUT2D eigenvalue weighted by atomic mass is 35.5. The molecular weight excluding hydrogens is 451 g/mol. The third-order valence-corrected chi connectivity index (χ3v) is 5.47. The number of rotatable bonds is 7. The molecular formula is C20H35Cl3N4O3. The van der Waals surface area contributed by atoms with Crippen LogP contribution in [-0.2, 0) is 9.53 Å². The van der Waals surface area contributed by atoms with Gasteiger partial charge in [0.25, 0.3) is 0 Å². The molecule has 0 saturated carbocycles. The first-order valence-electron chi connectivity index (χ1n) is 9.90. The first-order valence-corrected chi connectivity index (χ1v) is 9.90. The van der Waals surface area contributed by atoms with Crippen LogP contribution in [0.1, 0.15) is 12.8 Å². The molecule has 3 N–H and O–H groups in total. The molecule has 1 aromatic rings. The van der Waals surface area contributed by atoms with E-state index in [1.165, 1.54) is 0 Å². The van der Waals surface area contributed by atoms with Crippen LogP contribution in [0.5, 0.6) is 5.75 Å². The number of piperazine rings is 1. The fraction of sp³-hybridized carbons (Fsp3) is 0.650. The van der Waals surface area contributed by atoms with Crippen molar-refractivity contribution in [1.82, 2.24) is 9.80 Å². The number of hydrogen-bond acceptors (Lipinski definition) is 6. The number of likely N-dealkylation sites (N-methyl/N-ethyl adjacent to an activating group) is 1. The summed E-state index contributed by atoms with van der Waals surface area (Å²) in [4.78, 5) is 17.1. The molecule has 0 bridgehead atoms. The maximum absolute atomic E-state index is 12.3. The van der Waals surface area contributed by atoms with Crippen LogP contribution >= 0.6 is 37.2 Å². The van der Waals surface area contributed by atoms with Crippen LogP contribution in [-0.4, -0.2) is 81.3 Å². The Kier molecular flexibility index (Phi) is 14.7. The Morgan fingerprint density at radius 1 is 1.13 bits per heavy atom. The number of hydrogen-bond donors (Lipinski definition) is 2. The van der Waals surface area contributed by atoms with Crippen LogP contribution in [0.25, 0.3) is 0 Å². The zero-order valence-electron chi connectivity index (χ0n) is 17.5. The van der Waals surface area contributed by atoms with Crippen LogP contribution in [0.2, 0.25) is 0 Å². The largest absolute Gasteiger partial charge is 0.492 e. The lowest BCUT2D eigenvalue weighted by atomic mass is 9.92. The maximum atomic E-state index is 12.3. The summed E-state index contributed by atoms with van der Waals surface area (Å²) in [6, 6.07) is 7.01. The lowest BCUT2D eigenvalue weighted by Gasteiger charge is -2.32. The molecule has 0 aliphatic carbocycles. The molecule has 1 amide bonds. The number of carbonyl (C=O) groups is 1. The van der Waals surface area contributed by atoms with Gasteiger partial charge in [0.1, 0.15) is 12.4 Å². The number of benzene rings is 1. The van der Waals surface area contributed by atoms with Crippen LogP contribution in [0, 0.1) is 5.92 Å². The van der Waals surface area contributed by atoms with Crippen LogP contribution < -0.4 is 15.8 Å². The van der Waals surface area contributed by atoms with Crippen LogP contribution in [0.3, 0.4) is 0 Å². The number of nitrogens with two attached hydrogens (primary N) is 1. The molecule has 1 aromatic carbocycles. The van der Waals surface area contributed by atoms with Crippen molar-refractivity contribution in [1.29, 1.82) is 0 Å². The zero-order valence-corrected chi connectivity index (χ0v) is 19.9. The van der Waals surface area contributed by atoms with Gasteiger partial charge in [-0.15, -0.1) is 37.2 Å². The number of anilines is 1. The van der Waals surface area contributed by atoms with E-state index in [-0.39, 0.29) is 49.0 Å². The lowest BCUT2D eigenvalue weighted by molar-refractivity contribution is -0.119. The maximum Gasteiger partial charge on any atom is 0.241 e. The predicted molar refractivity (Wildman–Crippen MR) is 128 cm³/mol. The highest BCUT2D eigenvalue weighted by molar-refractivity contribution is 5.94. The molecule has 2 aliphatic heterocycles. The van der Waals surface area contributed by atoms with Crippen molar-refractivity contribution in [2.75, 3.05) is 64.9 Å². The average Bonchev–Trinajstić information content (AvgIpc) is 2.71. The van der Waals surface area contributed by atoms with Gasteiger partial charge in [0.05, 0.1) is 6.04 Å². The van der Waals surface area contributed by atoms with E-state index in [0.717, 1.165) is 57.0 Å². The van der Waals surface area contributed by atoms with Crippen LogP contribution in [0.4, 0.5) is 5.69 Å². The first-order chi connectivity index (χ1) is 13.1. The van der Waals surface area contributed by atoms with E-state index in [2.05, 4.69) is 22.2 Å². The molecule has 1 atom stereocenters. The average molecular weight is 486 g/mol. The molecule has 30 heavy (non-hydrogen) atoms. The molecule has 2 aliphatic rings. The van der Waals surface area contributed by atoms with Gasteiger partial charge in [-0.25, -0.2) is 0 Å². The van der Waals surface area contributed by atoms with Crippen molar-refractivity contribution in [2.45, 2.75) is 18.9 Å². The minimum absolute atomic E-state index is 0. The van der Waals surface area contributed by atoms with Gasteiger partial charge in [-0.1, -0.05) is 0 Å². The molecule has 10 heteroatoms. The van der Waals surface area contributed by atoms with Crippen molar-refractivity contribution >= 4 is 48.8 Å². The fourth-order valence-corrected chi connectivity index (χ4v) is 3.51. The van der Waals surface area contributed by atoms with E-state index in [1.807, 2.05) is 24.3 Å². The molecule has 7 nitrogen and oxygen atoms in total. The van der Waals surface area contributed by atoms with Crippen molar-refractivity contribution in [3.8, 4) is 5.75 Å². The topological polar surface area (TPSA) is 80.1 Å². The summed E-state index contributed by atoms with van der Waals surface area (Å²) in [5, 5.41) is 2.90. The monoisotopic (exact) mass is 484 g/mol. The predicted octanol–water partition coefficient (Wildman–Crippen LogP) is 2.27. The highest BCUT2D eigenvalue weighted by Gasteiger charge is 2.26. The van der Waals surface area contributed by atoms with E-state index in [0.29, 0.717) is 19.8 Å². The second-order valence-corrected chi connectivity index (χ2v) is 7.48. The Balaban J connectivity index is 0.00000280. The minimum atomic E-state index is -0.492. The lowest BCUT2D eigenvalue weighted by Crippen LogP contribution is -2.45. The van der Waals surface area contributed by atoms with Crippen molar-refractivity contribution in [3.63, 3.8) is 0 Å². The summed E-state index contributed by atoms with van der Waals surface area (Å²) < 4.78 is 11.2. The number of nitrogens with one attached hydrogen (secondary N) is 1. The molecule has 174 valence electrons. The van der Waals surface area contributed by atoms with Gasteiger partial charge in [0, 0.05) is 51.6 Å². The summed E-state index contributed by atoms with van der Waals surface area (Å²) in [5.41, 5.74) is 6.86. The van der Waals surface area contributed by atoms with Crippen molar-refractivity contribution in [3.05, 3.63) is 24.3 Å². The number of carbonyl (C=O) groups excluding carboxylic acids is 1. The summed E-state index contributed by atoms with van der Waals surface area (Å²) in [6.07, 6.45) is 1.68. The number of nitrogens with zero attached hydrogens (tertiary/aromatic N) is 2. The van der Waals surface area contributed by atoms with E-state index < -0.39 is 6.04 Å². The summed E-state index contributed by atoms with van der Waals surface area (Å²) >= 11 is 0. The first kappa shape index (κ1) is 29.2. The summed E-state index contributed by atoms with van der Waals surface area (Å²) in [6.45, 7) is 7.40. The van der Waals surface area contributed by atoms with Gasteiger partial charge >= 0.3 is 0 Å². The molecule has 0 radical (unpaired) electrons. The number of ether oxygens (including phenoxy) is 2. The third-order valence-electron chi connectivity index (χ3n) is 5.47. The summed E-state index contributed by atoms with van der Waals surface area (Å²) in [5.74, 6) is 0.873. The van der Waals surface area contributed by atoms with Gasteiger partial charge in [-0.2, -0.15) is 0 Å². The van der Waals surface area contributed by atoms with Gasteiger partial charge in [0.15, 0.2) is 0 Å². The molecule has 3 rings (SSSR count).